The van der Waals surface area contributed by atoms with Gasteiger partial charge in [-0.15, -0.1) is 0 Å². The van der Waals surface area contributed by atoms with Crippen LogP contribution in [0.3, 0.4) is 0 Å². The normalized spacial score (nSPS) is 26.4. The van der Waals surface area contributed by atoms with Crippen LogP contribution in [0.4, 0.5) is 17.3 Å². The van der Waals surface area contributed by atoms with E-state index in [4.69, 9.17) is 9.72 Å². The number of piperazine rings is 1. The standard InChI is InChI=1S/C24H33N5O/c1-17-16-26-24(27-19-5-7-20(8-6-19)29-12-10-25-11-13-29)28-23(17)22-9-4-18(22)15-21-3-2-14-30-21/h5-8,16,18,21-22,25H,2-4,9-15H2,1H3,(H,26,27,28). The first-order valence-corrected chi connectivity index (χ1v) is 11.5. The molecule has 1 aromatic carbocycles. The summed E-state index contributed by atoms with van der Waals surface area (Å²) in [5, 5.41) is 6.82. The van der Waals surface area contributed by atoms with Crippen LogP contribution >= 0.6 is 0 Å². The van der Waals surface area contributed by atoms with E-state index in [1.54, 1.807) is 0 Å². The molecule has 5 rings (SSSR count). The molecule has 3 atom stereocenters. The Kier molecular flexibility index (Phi) is 5.86. The van der Waals surface area contributed by atoms with E-state index >= 15 is 0 Å². The largest absolute Gasteiger partial charge is 0.378 e. The van der Waals surface area contributed by atoms with Gasteiger partial charge in [0.2, 0.25) is 5.95 Å². The van der Waals surface area contributed by atoms with Gasteiger partial charge in [-0.1, -0.05) is 0 Å². The lowest BCUT2D eigenvalue weighted by atomic mass is 9.68. The van der Waals surface area contributed by atoms with Gasteiger partial charge in [-0.05, 0) is 74.8 Å². The van der Waals surface area contributed by atoms with Crippen LogP contribution in [-0.2, 0) is 4.74 Å². The minimum absolute atomic E-state index is 0.465. The molecule has 2 N–H and O–H groups in total. The average molecular weight is 408 g/mol. The van der Waals surface area contributed by atoms with Gasteiger partial charge in [-0.2, -0.15) is 0 Å². The third kappa shape index (κ3) is 4.30. The summed E-state index contributed by atoms with van der Waals surface area (Å²) < 4.78 is 5.88. The molecule has 160 valence electrons. The number of anilines is 3. The number of hydrogen-bond acceptors (Lipinski definition) is 6. The second kappa shape index (κ2) is 8.90. The lowest BCUT2D eigenvalue weighted by molar-refractivity contribution is 0.0667. The van der Waals surface area contributed by atoms with Gasteiger partial charge in [-0.3, -0.25) is 0 Å². The molecular formula is C24H33N5O. The zero-order chi connectivity index (χ0) is 20.3. The number of ether oxygens (including phenoxy) is 1. The number of rotatable bonds is 6. The molecule has 2 aliphatic heterocycles. The van der Waals surface area contributed by atoms with Crippen LogP contribution in [0.15, 0.2) is 30.5 Å². The summed E-state index contributed by atoms with van der Waals surface area (Å²) in [5.74, 6) is 1.95. The van der Waals surface area contributed by atoms with Crippen molar-refractivity contribution in [1.29, 1.82) is 0 Å². The summed E-state index contributed by atoms with van der Waals surface area (Å²) in [6, 6.07) is 8.63. The van der Waals surface area contributed by atoms with Crippen molar-refractivity contribution in [3.63, 3.8) is 0 Å². The van der Waals surface area contributed by atoms with Gasteiger partial charge >= 0.3 is 0 Å². The van der Waals surface area contributed by atoms with Gasteiger partial charge in [0.1, 0.15) is 0 Å². The van der Waals surface area contributed by atoms with Crippen molar-refractivity contribution in [2.24, 2.45) is 5.92 Å². The summed E-state index contributed by atoms with van der Waals surface area (Å²) in [7, 11) is 0. The lowest BCUT2D eigenvalue weighted by Gasteiger charge is -2.38. The Morgan fingerprint density at radius 3 is 2.67 bits per heavy atom. The third-order valence-electron chi connectivity index (χ3n) is 6.97. The first-order chi connectivity index (χ1) is 14.8. The number of nitrogens with zero attached hydrogens (tertiary/aromatic N) is 3. The van der Waals surface area contributed by atoms with Crippen molar-refractivity contribution >= 4 is 17.3 Å². The Hall–Kier alpha value is -2.18. The fraction of sp³-hybridized carbons (Fsp3) is 0.583. The summed E-state index contributed by atoms with van der Waals surface area (Å²) in [4.78, 5) is 11.9. The zero-order valence-corrected chi connectivity index (χ0v) is 17.9. The van der Waals surface area contributed by atoms with Crippen LogP contribution in [0.1, 0.15) is 49.3 Å². The first kappa shape index (κ1) is 19.8. The molecule has 3 heterocycles. The topological polar surface area (TPSA) is 62.3 Å². The minimum atomic E-state index is 0.465. The molecule has 3 unspecified atom stereocenters. The Labute approximate surface area is 179 Å². The molecule has 1 aliphatic carbocycles. The molecule has 3 aliphatic rings. The van der Waals surface area contributed by atoms with Crippen molar-refractivity contribution in [2.45, 2.75) is 51.0 Å². The van der Waals surface area contributed by atoms with Gasteiger partial charge in [0.25, 0.3) is 0 Å². The highest BCUT2D eigenvalue weighted by Crippen LogP contribution is 2.46. The number of nitrogens with one attached hydrogen (secondary N) is 2. The number of benzene rings is 1. The van der Waals surface area contributed by atoms with Gasteiger partial charge in [-0.25, -0.2) is 9.97 Å². The minimum Gasteiger partial charge on any atom is -0.378 e. The predicted molar refractivity (Wildman–Crippen MR) is 121 cm³/mol. The van der Waals surface area contributed by atoms with Crippen molar-refractivity contribution in [3.05, 3.63) is 41.7 Å². The van der Waals surface area contributed by atoms with E-state index in [1.165, 1.54) is 49.0 Å². The maximum absolute atomic E-state index is 5.88. The van der Waals surface area contributed by atoms with Gasteiger partial charge < -0.3 is 20.3 Å². The van der Waals surface area contributed by atoms with Crippen molar-refractivity contribution in [3.8, 4) is 0 Å². The second-order valence-corrected chi connectivity index (χ2v) is 8.99. The van der Waals surface area contributed by atoms with E-state index < -0.39 is 0 Å². The predicted octanol–water partition coefficient (Wildman–Crippen LogP) is 4.00. The van der Waals surface area contributed by atoms with Gasteiger partial charge in [0.05, 0.1) is 11.8 Å². The molecule has 2 saturated heterocycles. The fourth-order valence-electron chi connectivity index (χ4n) is 5.08. The van der Waals surface area contributed by atoms with Crippen molar-refractivity contribution in [2.75, 3.05) is 43.0 Å². The molecule has 1 aromatic heterocycles. The molecule has 0 amide bonds. The highest BCUT2D eigenvalue weighted by atomic mass is 16.5. The molecular weight excluding hydrogens is 374 g/mol. The molecule has 0 spiro atoms. The zero-order valence-electron chi connectivity index (χ0n) is 17.9. The lowest BCUT2D eigenvalue weighted by Crippen LogP contribution is -2.43. The van der Waals surface area contributed by atoms with Crippen molar-refractivity contribution in [1.82, 2.24) is 15.3 Å². The fourth-order valence-corrected chi connectivity index (χ4v) is 5.08. The molecule has 6 heteroatoms. The second-order valence-electron chi connectivity index (χ2n) is 8.99. The molecule has 30 heavy (non-hydrogen) atoms. The number of hydrogen-bond donors (Lipinski definition) is 2. The van der Waals surface area contributed by atoms with Crippen LogP contribution in [0, 0.1) is 12.8 Å². The summed E-state index contributed by atoms with van der Waals surface area (Å²) in [5.41, 5.74) is 4.74. The summed E-state index contributed by atoms with van der Waals surface area (Å²) in [6.07, 6.45) is 8.59. The van der Waals surface area contributed by atoms with E-state index in [1.807, 2.05) is 6.20 Å². The highest BCUT2D eigenvalue weighted by molar-refractivity contribution is 5.59. The van der Waals surface area contributed by atoms with E-state index in [-0.39, 0.29) is 0 Å². The van der Waals surface area contributed by atoms with Crippen LogP contribution in [-0.4, -0.2) is 48.9 Å². The van der Waals surface area contributed by atoms with Crippen molar-refractivity contribution < 1.29 is 4.74 Å². The highest BCUT2D eigenvalue weighted by Gasteiger charge is 2.36. The maximum Gasteiger partial charge on any atom is 0.227 e. The van der Waals surface area contributed by atoms with E-state index in [2.05, 4.69) is 51.7 Å². The van der Waals surface area contributed by atoms with E-state index in [0.29, 0.717) is 23.9 Å². The summed E-state index contributed by atoms with van der Waals surface area (Å²) in [6.45, 7) is 7.31. The Bertz CT molecular complexity index is 843. The van der Waals surface area contributed by atoms with E-state index in [0.717, 1.165) is 38.5 Å². The Morgan fingerprint density at radius 1 is 1.13 bits per heavy atom. The Morgan fingerprint density at radius 2 is 1.97 bits per heavy atom. The van der Waals surface area contributed by atoms with Crippen LogP contribution in [0.25, 0.3) is 0 Å². The SMILES string of the molecule is Cc1cnc(Nc2ccc(N3CCNCC3)cc2)nc1C1CCC1CC1CCCO1. The molecule has 0 radical (unpaired) electrons. The van der Waals surface area contributed by atoms with Gasteiger partial charge in [0.15, 0.2) is 0 Å². The maximum atomic E-state index is 5.88. The van der Waals surface area contributed by atoms with Crippen LogP contribution < -0.4 is 15.5 Å². The molecule has 3 fully saturated rings. The van der Waals surface area contributed by atoms with Gasteiger partial charge in [0, 0.05) is 56.3 Å². The molecule has 0 bridgehead atoms. The number of aromatic nitrogens is 2. The van der Waals surface area contributed by atoms with Crippen LogP contribution in [0.2, 0.25) is 0 Å². The van der Waals surface area contributed by atoms with E-state index in [9.17, 15) is 0 Å². The molecule has 2 aromatic rings. The monoisotopic (exact) mass is 407 g/mol. The number of aryl methyl sites for hydroxylation is 1. The third-order valence-corrected chi connectivity index (χ3v) is 6.97. The smallest absolute Gasteiger partial charge is 0.227 e. The first-order valence-electron chi connectivity index (χ1n) is 11.5. The Balaban J connectivity index is 1.25. The molecule has 1 saturated carbocycles. The average Bonchev–Trinajstić information content (AvgIpc) is 3.28. The molecule has 6 nitrogen and oxygen atoms in total. The summed E-state index contributed by atoms with van der Waals surface area (Å²) >= 11 is 0. The quantitative estimate of drug-likeness (QED) is 0.755. The van der Waals surface area contributed by atoms with Crippen LogP contribution in [0.5, 0.6) is 0 Å².